The van der Waals surface area contributed by atoms with Gasteiger partial charge in [0, 0.05) is 16.6 Å². The van der Waals surface area contributed by atoms with E-state index in [2.05, 4.69) is 0 Å². The molecule has 1 atom stereocenters. The molecule has 1 aliphatic rings. The van der Waals surface area contributed by atoms with Crippen molar-refractivity contribution >= 4 is 62.3 Å². The Balaban J connectivity index is 1.73. The minimum absolute atomic E-state index is 0.0274. The van der Waals surface area contributed by atoms with Crippen molar-refractivity contribution in [2.45, 2.75) is 23.8 Å². The Morgan fingerprint density at radius 1 is 0.882 bits per heavy atom. The van der Waals surface area contributed by atoms with Gasteiger partial charge in [-0.1, -0.05) is 65.1 Å². The maximum atomic E-state index is 13.7. The summed E-state index contributed by atoms with van der Waals surface area (Å²) < 4.78 is 28.5. The van der Waals surface area contributed by atoms with E-state index in [-0.39, 0.29) is 27.9 Å². The van der Waals surface area contributed by atoms with Gasteiger partial charge in [0.25, 0.3) is 5.91 Å². The van der Waals surface area contributed by atoms with E-state index in [4.69, 9.17) is 34.8 Å². The number of halogens is 3. The zero-order valence-corrected chi connectivity index (χ0v) is 20.8. The third-order valence-electron chi connectivity index (χ3n) is 5.50. The van der Waals surface area contributed by atoms with Gasteiger partial charge in [0.1, 0.15) is 10.9 Å². The summed E-state index contributed by atoms with van der Waals surface area (Å²) in [5, 5.41) is 0.602. The number of benzene rings is 3. The summed E-state index contributed by atoms with van der Waals surface area (Å²) in [7, 11) is -4.28. The van der Waals surface area contributed by atoms with Gasteiger partial charge in [-0.15, -0.1) is 0 Å². The monoisotopic (exact) mass is 536 g/mol. The fraction of sp³-hybridized carbons (Fsp3) is 0.167. The number of nitrogens with zero attached hydrogens (tertiary/aromatic N) is 2. The molecule has 1 heterocycles. The van der Waals surface area contributed by atoms with Crippen molar-refractivity contribution < 1.29 is 18.0 Å². The normalized spacial score (nSPS) is 16.5. The molecule has 3 aromatic rings. The average Bonchev–Trinajstić information content (AvgIpc) is 3.10. The Kier molecular flexibility index (Phi) is 7.31. The number of hydrogen-bond acceptors (Lipinski definition) is 4. The summed E-state index contributed by atoms with van der Waals surface area (Å²) in [5.41, 5.74) is 1.20. The third-order valence-corrected chi connectivity index (χ3v) is 8.38. The van der Waals surface area contributed by atoms with Gasteiger partial charge < -0.3 is 0 Å². The van der Waals surface area contributed by atoms with Gasteiger partial charge in [0.2, 0.25) is 15.9 Å². The van der Waals surface area contributed by atoms with Crippen molar-refractivity contribution in [1.29, 1.82) is 0 Å². The Bertz CT molecular complexity index is 1330. The fourth-order valence-corrected chi connectivity index (χ4v) is 6.28. The van der Waals surface area contributed by atoms with Gasteiger partial charge in [-0.2, -0.15) is 4.31 Å². The molecule has 2 amide bonds. The average molecular weight is 538 g/mol. The molecular formula is C24H19Cl3N2O4S. The summed E-state index contributed by atoms with van der Waals surface area (Å²) in [5.74, 6) is -1.14. The van der Waals surface area contributed by atoms with Crippen LogP contribution in [0.2, 0.25) is 15.1 Å². The molecule has 0 saturated carbocycles. The van der Waals surface area contributed by atoms with E-state index in [1.807, 2.05) is 30.3 Å². The van der Waals surface area contributed by atoms with E-state index in [1.54, 1.807) is 12.1 Å². The molecule has 0 spiro atoms. The van der Waals surface area contributed by atoms with Gasteiger partial charge in [0.05, 0.1) is 17.1 Å². The highest BCUT2D eigenvalue weighted by molar-refractivity contribution is 7.89. The van der Waals surface area contributed by atoms with Crippen LogP contribution in [0, 0.1) is 0 Å². The molecule has 0 aliphatic carbocycles. The second-order valence-electron chi connectivity index (χ2n) is 7.69. The molecule has 176 valence electrons. The van der Waals surface area contributed by atoms with E-state index in [0.29, 0.717) is 17.1 Å². The van der Waals surface area contributed by atoms with Crippen molar-refractivity contribution in [3.8, 4) is 0 Å². The van der Waals surface area contributed by atoms with Crippen molar-refractivity contribution in [1.82, 2.24) is 4.31 Å². The van der Waals surface area contributed by atoms with Crippen LogP contribution in [0.1, 0.15) is 12.0 Å². The van der Waals surface area contributed by atoms with Crippen molar-refractivity contribution in [2.24, 2.45) is 0 Å². The Hall–Kier alpha value is -2.42. The quantitative estimate of drug-likeness (QED) is 0.388. The zero-order chi connectivity index (χ0) is 24.5. The van der Waals surface area contributed by atoms with Crippen LogP contribution in [0.25, 0.3) is 0 Å². The summed E-state index contributed by atoms with van der Waals surface area (Å²) in [6, 6.07) is 18.3. The number of anilines is 1. The number of amides is 2. The fourth-order valence-electron chi connectivity index (χ4n) is 3.83. The van der Waals surface area contributed by atoms with Crippen LogP contribution < -0.4 is 4.90 Å². The molecule has 10 heteroatoms. The summed E-state index contributed by atoms with van der Waals surface area (Å²) in [4.78, 5) is 27.0. The molecule has 0 aromatic heterocycles. The molecule has 1 saturated heterocycles. The van der Waals surface area contributed by atoms with Crippen molar-refractivity contribution in [2.75, 3.05) is 11.4 Å². The number of rotatable bonds is 7. The summed E-state index contributed by atoms with van der Waals surface area (Å²) in [6.07, 6.45) is 0.0326. The Morgan fingerprint density at radius 3 is 2.21 bits per heavy atom. The number of carbonyl (C=O) groups is 2. The maximum Gasteiger partial charge on any atom is 0.252 e. The van der Waals surface area contributed by atoms with Crippen LogP contribution in [-0.4, -0.2) is 37.1 Å². The molecular weight excluding hydrogens is 519 g/mol. The SMILES string of the molecule is O=C1CC(N(CCc2ccccc2)S(=O)(=O)c2cc(Cl)ccc2Cl)C(=O)N1c1ccc(Cl)cc1. The number of sulfonamides is 1. The largest absolute Gasteiger partial charge is 0.274 e. The standard InChI is InChI=1S/C24H19Cl3N2O4S/c25-17-6-9-19(10-7-17)29-23(30)15-21(24(29)31)28(13-12-16-4-2-1-3-5-16)34(32,33)22-14-18(26)8-11-20(22)27/h1-11,14,21H,12-13,15H2. The molecule has 6 nitrogen and oxygen atoms in total. The maximum absolute atomic E-state index is 13.7. The first kappa shape index (κ1) is 24.7. The van der Waals surface area contributed by atoms with E-state index >= 15 is 0 Å². The first-order chi connectivity index (χ1) is 16.2. The summed E-state index contributed by atoms with van der Waals surface area (Å²) in [6.45, 7) is -0.0344. The molecule has 34 heavy (non-hydrogen) atoms. The molecule has 0 bridgehead atoms. The highest BCUT2D eigenvalue weighted by Crippen LogP contribution is 2.33. The van der Waals surface area contributed by atoms with Crippen molar-refractivity contribution in [3.63, 3.8) is 0 Å². The molecule has 1 unspecified atom stereocenters. The third kappa shape index (κ3) is 4.99. The number of hydrogen-bond donors (Lipinski definition) is 0. The lowest BCUT2D eigenvalue weighted by Gasteiger charge is -2.27. The van der Waals surface area contributed by atoms with Gasteiger partial charge in [0.15, 0.2) is 0 Å². The topological polar surface area (TPSA) is 74.8 Å². The second-order valence-corrected chi connectivity index (χ2v) is 10.8. The van der Waals surface area contributed by atoms with Gasteiger partial charge in [-0.05, 0) is 54.4 Å². The molecule has 4 rings (SSSR count). The van der Waals surface area contributed by atoms with Crippen LogP contribution in [0.4, 0.5) is 5.69 Å². The molecule has 1 fully saturated rings. The number of carbonyl (C=O) groups excluding carboxylic acids is 2. The molecule has 3 aromatic carbocycles. The van der Waals surface area contributed by atoms with E-state index in [0.717, 1.165) is 14.8 Å². The predicted octanol–water partition coefficient (Wildman–Crippen LogP) is 5.21. The second kappa shape index (κ2) is 10.1. The minimum atomic E-state index is -4.28. The summed E-state index contributed by atoms with van der Waals surface area (Å²) >= 11 is 18.2. The van der Waals surface area contributed by atoms with Gasteiger partial charge in [-0.3, -0.25) is 9.59 Å². The zero-order valence-electron chi connectivity index (χ0n) is 17.7. The van der Waals surface area contributed by atoms with Gasteiger partial charge >= 0.3 is 0 Å². The molecule has 0 N–H and O–H groups in total. The van der Waals surface area contributed by atoms with E-state index < -0.39 is 27.9 Å². The number of imide groups is 1. The van der Waals surface area contributed by atoms with E-state index in [9.17, 15) is 18.0 Å². The van der Waals surface area contributed by atoms with Gasteiger partial charge in [-0.25, -0.2) is 13.3 Å². The smallest absolute Gasteiger partial charge is 0.252 e. The highest BCUT2D eigenvalue weighted by atomic mass is 35.5. The minimum Gasteiger partial charge on any atom is -0.274 e. The Morgan fingerprint density at radius 2 is 1.53 bits per heavy atom. The Labute approximate surface area is 212 Å². The van der Waals surface area contributed by atoms with Crippen LogP contribution in [-0.2, 0) is 26.0 Å². The van der Waals surface area contributed by atoms with Crippen LogP contribution in [0.5, 0.6) is 0 Å². The molecule has 1 aliphatic heterocycles. The van der Waals surface area contributed by atoms with Crippen molar-refractivity contribution in [3.05, 3.63) is 93.4 Å². The lowest BCUT2D eigenvalue weighted by atomic mass is 10.1. The van der Waals surface area contributed by atoms with E-state index in [1.165, 1.54) is 30.3 Å². The highest BCUT2D eigenvalue weighted by Gasteiger charge is 2.47. The first-order valence-corrected chi connectivity index (χ1v) is 12.9. The molecule has 0 radical (unpaired) electrons. The van der Waals surface area contributed by atoms with Crippen LogP contribution >= 0.6 is 34.8 Å². The first-order valence-electron chi connectivity index (χ1n) is 10.3. The lowest BCUT2D eigenvalue weighted by Crippen LogP contribution is -2.46. The van der Waals surface area contributed by atoms with Crippen LogP contribution in [0.3, 0.4) is 0 Å². The lowest BCUT2D eigenvalue weighted by molar-refractivity contribution is -0.122. The predicted molar refractivity (Wildman–Crippen MR) is 133 cm³/mol. The van der Waals surface area contributed by atoms with Crippen LogP contribution in [0.15, 0.2) is 77.7 Å².